The molecule has 4 aromatic rings. The summed E-state index contributed by atoms with van der Waals surface area (Å²) in [7, 11) is -4.24. The first-order chi connectivity index (χ1) is 22.3. The molecule has 0 saturated carbocycles. The molecule has 4 rings (SSSR count). The summed E-state index contributed by atoms with van der Waals surface area (Å²) in [6.07, 6.45) is 0.158. The maximum atomic E-state index is 14.6. The maximum absolute atomic E-state index is 14.6. The molecule has 0 unspecified atom stereocenters. The molecule has 0 bridgehead atoms. The second-order valence-corrected chi connectivity index (χ2v) is 14.6. The van der Waals surface area contributed by atoms with Gasteiger partial charge < -0.3 is 15.0 Å². The fourth-order valence-electron chi connectivity index (χ4n) is 4.98. The van der Waals surface area contributed by atoms with Gasteiger partial charge >= 0.3 is 0 Å². The molecule has 1 atom stereocenters. The zero-order valence-corrected chi connectivity index (χ0v) is 29.1. The quantitative estimate of drug-likeness (QED) is 0.160. The predicted octanol–water partition coefficient (Wildman–Crippen LogP) is 7.14. The predicted molar refractivity (Wildman–Crippen MR) is 187 cm³/mol. The summed E-state index contributed by atoms with van der Waals surface area (Å²) >= 11 is 13.2. The maximum Gasteiger partial charge on any atom is 0.264 e. The lowest BCUT2D eigenvalue weighted by atomic mass is 10.0. The van der Waals surface area contributed by atoms with Crippen molar-refractivity contribution in [2.45, 2.75) is 57.1 Å². The number of rotatable bonds is 13. The minimum Gasteiger partial charge on any atom is -0.494 e. The first-order valence-corrected chi connectivity index (χ1v) is 17.4. The molecule has 0 aliphatic carbocycles. The van der Waals surface area contributed by atoms with Crippen LogP contribution in [0.25, 0.3) is 0 Å². The highest BCUT2D eigenvalue weighted by Gasteiger charge is 2.36. The normalized spacial score (nSPS) is 12.2. The summed E-state index contributed by atoms with van der Waals surface area (Å²) in [6, 6.07) is 27.6. The molecule has 0 heterocycles. The Balaban J connectivity index is 1.84. The van der Waals surface area contributed by atoms with Gasteiger partial charge in [0.25, 0.3) is 10.0 Å². The highest BCUT2D eigenvalue weighted by Crippen LogP contribution is 2.30. The van der Waals surface area contributed by atoms with Gasteiger partial charge in [-0.2, -0.15) is 0 Å². The molecule has 0 aliphatic rings. The van der Waals surface area contributed by atoms with Crippen molar-refractivity contribution in [3.63, 3.8) is 0 Å². The standard InChI is InChI=1S/C36H39Cl2N3O5S/c1-5-46-28-21-19-27(20-22-28)41(47(44,45)29-15-10-7-11-16-29)25-34(42)40(24-30-31(37)17-12-18-32(30)38)33(35(43)39-36(2,3)4)23-26-13-8-6-9-14-26/h6-22,33H,5,23-25H2,1-4H3,(H,39,43)/t33-/m0/s1. The Morgan fingerprint density at radius 1 is 0.830 bits per heavy atom. The third-order valence-electron chi connectivity index (χ3n) is 7.21. The second kappa shape index (κ2) is 15.7. The van der Waals surface area contributed by atoms with Crippen LogP contribution in [0.4, 0.5) is 5.69 Å². The van der Waals surface area contributed by atoms with E-state index in [9.17, 15) is 18.0 Å². The molecular weight excluding hydrogens is 657 g/mol. The number of ether oxygens (including phenoxy) is 1. The molecule has 11 heteroatoms. The number of benzene rings is 4. The second-order valence-electron chi connectivity index (χ2n) is 11.9. The Labute approximate surface area is 287 Å². The van der Waals surface area contributed by atoms with Crippen molar-refractivity contribution >= 4 is 50.7 Å². The first-order valence-electron chi connectivity index (χ1n) is 15.2. The van der Waals surface area contributed by atoms with Gasteiger partial charge in [-0.05, 0) is 81.8 Å². The van der Waals surface area contributed by atoms with Crippen molar-refractivity contribution < 1.29 is 22.7 Å². The molecule has 0 spiro atoms. The summed E-state index contributed by atoms with van der Waals surface area (Å²) < 4.78 is 34.9. The molecule has 47 heavy (non-hydrogen) atoms. The first kappa shape index (κ1) is 35.8. The topological polar surface area (TPSA) is 96.0 Å². The number of anilines is 1. The number of carbonyl (C=O) groups excluding carboxylic acids is 2. The van der Waals surface area contributed by atoms with Crippen molar-refractivity contribution in [3.05, 3.63) is 124 Å². The Hall–Kier alpha value is -4.05. The van der Waals surface area contributed by atoms with Crippen LogP contribution < -0.4 is 14.4 Å². The zero-order chi connectivity index (χ0) is 34.2. The van der Waals surface area contributed by atoms with Crippen LogP contribution in [-0.2, 0) is 32.6 Å². The van der Waals surface area contributed by atoms with E-state index < -0.39 is 40.0 Å². The van der Waals surface area contributed by atoms with Crippen LogP contribution in [0.1, 0.15) is 38.8 Å². The molecule has 0 radical (unpaired) electrons. The van der Waals surface area contributed by atoms with Crippen molar-refractivity contribution in [3.8, 4) is 5.75 Å². The minimum absolute atomic E-state index is 0.00805. The molecule has 8 nitrogen and oxygen atoms in total. The summed E-state index contributed by atoms with van der Waals surface area (Å²) in [5.41, 5.74) is 0.877. The third-order valence-corrected chi connectivity index (χ3v) is 9.70. The van der Waals surface area contributed by atoms with E-state index in [-0.39, 0.29) is 23.5 Å². The molecule has 0 saturated heterocycles. The Kier molecular flexibility index (Phi) is 12.0. The molecule has 4 aromatic carbocycles. The Morgan fingerprint density at radius 3 is 1.96 bits per heavy atom. The van der Waals surface area contributed by atoms with Gasteiger partial charge in [0.2, 0.25) is 11.8 Å². The smallest absolute Gasteiger partial charge is 0.264 e. The highest BCUT2D eigenvalue weighted by atomic mass is 35.5. The molecule has 0 aliphatic heterocycles. The minimum atomic E-state index is -4.24. The number of sulfonamides is 1. The zero-order valence-electron chi connectivity index (χ0n) is 26.8. The van der Waals surface area contributed by atoms with Gasteiger partial charge in [0.1, 0.15) is 18.3 Å². The lowest BCUT2D eigenvalue weighted by Crippen LogP contribution is -2.56. The molecule has 248 valence electrons. The van der Waals surface area contributed by atoms with Gasteiger partial charge in [-0.3, -0.25) is 13.9 Å². The van der Waals surface area contributed by atoms with Crippen molar-refractivity contribution in [2.75, 3.05) is 17.5 Å². The number of nitrogens with one attached hydrogen (secondary N) is 1. The van der Waals surface area contributed by atoms with Crippen LogP contribution in [-0.4, -0.2) is 49.9 Å². The average Bonchev–Trinajstić information content (AvgIpc) is 3.03. The molecule has 0 fully saturated rings. The number of hydrogen-bond donors (Lipinski definition) is 1. The molecule has 1 N–H and O–H groups in total. The van der Waals surface area contributed by atoms with E-state index in [0.717, 1.165) is 9.87 Å². The summed E-state index contributed by atoms with van der Waals surface area (Å²) in [4.78, 5) is 30.0. The van der Waals surface area contributed by atoms with Crippen molar-refractivity contribution in [2.24, 2.45) is 0 Å². The van der Waals surface area contributed by atoms with E-state index in [1.807, 2.05) is 58.0 Å². The van der Waals surface area contributed by atoms with Gasteiger partial charge in [0.15, 0.2) is 0 Å². The summed E-state index contributed by atoms with van der Waals surface area (Å²) in [5, 5.41) is 3.63. The van der Waals surface area contributed by atoms with E-state index in [2.05, 4.69) is 5.32 Å². The van der Waals surface area contributed by atoms with E-state index in [1.165, 1.54) is 17.0 Å². The fraction of sp³-hybridized carbons (Fsp3) is 0.278. The number of halogens is 2. The van der Waals surface area contributed by atoms with Gasteiger partial charge in [-0.1, -0.05) is 77.8 Å². The van der Waals surface area contributed by atoms with Gasteiger partial charge in [-0.15, -0.1) is 0 Å². The van der Waals surface area contributed by atoms with E-state index in [4.69, 9.17) is 27.9 Å². The molecule has 0 aromatic heterocycles. The number of nitrogens with zero attached hydrogens (tertiary/aromatic N) is 2. The van der Waals surface area contributed by atoms with Gasteiger partial charge in [-0.25, -0.2) is 8.42 Å². The van der Waals surface area contributed by atoms with E-state index >= 15 is 0 Å². The monoisotopic (exact) mass is 695 g/mol. The number of amides is 2. The van der Waals surface area contributed by atoms with E-state index in [1.54, 1.807) is 60.7 Å². The highest BCUT2D eigenvalue weighted by molar-refractivity contribution is 7.92. The largest absolute Gasteiger partial charge is 0.494 e. The Bertz CT molecular complexity index is 1740. The lowest BCUT2D eigenvalue weighted by Gasteiger charge is -2.35. The van der Waals surface area contributed by atoms with Crippen LogP contribution in [0.3, 0.4) is 0 Å². The van der Waals surface area contributed by atoms with Crippen LogP contribution >= 0.6 is 23.2 Å². The lowest BCUT2D eigenvalue weighted by molar-refractivity contribution is -0.140. The SMILES string of the molecule is CCOc1ccc(N(CC(=O)N(Cc2c(Cl)cccc2Cl)[C@@H](Cc2ccccc2)C(=O)NC(C)(C)C)S(=O)(=O)c2ccccc2)cc1. The van der Waals surface area contributed by atoms with Crippen molar-refractivity contribution in [1.82, 2.24) is 10.2 Å². The van der Waals surface area contributed by atoms with Crippen molar-refractivity contribution in [1.29, 1.82) is 0 Å². The summed E-state index contributed by atoms with van der Waals surface area (Å²) in [5.74, 6) is -0.479. The fourth-order valence-corrected chi connectivity index (χ4v) is 6.94. The number of hydrogen-bond acceptors (Lipinski definition) is 5. The Morgan fingerprint density at radius 2 is 1.40 bits per heavy atom. The van der Waals surface area contributed by atoms with E-state index in [0.29, 0.717) is 28.0 Å². The third kappa shape index (κ3) is 9.50. The van der Waals surface area contributed by atoms with Gasteiger partial charge in [0, 0.05) is 34.1 Å². The molecular formula is C36H39Cl2N3O5S. The van der Waals surface area contributed by atoms with Crippen LogP contribution in [0.15, 0.2) is 108 Å². The van der Waals surface area contributed by atoms with Crippen LogP contribution in [0, 0.1) is 0 Å². The average molecular weight is 697 g/mol. The summed E-state index contributed by atoms with van der Waals surface area (Å²) in [6.45, 7) is 7.07. The number of carbonyl (C=O) groups is 2. The van der Waals surface area contributed by atoms with Crippen LogP contribution in [0.2, 0.25) is 10.0 Å². The molecule has 2 amide bonds. The van der Waals surface area contributed by atoms with Gasteiger partial charge in [0.05, 0.1) is 17.2 Å². The van der Waals surface area contributed by atoms with Crippen LogP contribution in [0.5, 0.6) is 5.75 Å².